The maximum Gasteiger partial charge on any atom is 0.238 e. The smallest absolute Gasteiger partial charge is 0.238 e. The van der Waals surface area contributed by atoms with Crippen molar-refractivity contribution in [1.29, 1.82) is 0 Å². The molecular weight excluding hydrogens is 200 g/mol. The molecule has 1 aromatic heterocycles. The molecule has 1 heterocycles. The summed E-state index contributed by atoms with van der Waals surface area (Å²) in [5.41, 5.74) is 0.960. The quantitative estimate of drug-likeness (QED) is 0.823. The van der Waals surface area contributed by atoms with E-state index in [9.17, 15) is 0 Å². The van der Waals surface area contributed by atoms with Crippen LogP contribution in [0.1, 0.15) is 5.69 Å². The molecule has 0 aliphatic rings. The highest BCUT2D eigenvalue weighted by atomic mass is 35.5. The van der Waals surface area contributed by atoms with Crippen LogP contribution in [-0.4, -0.2) is 10.2 Å². The lowest BCUT2D eigenvalue weighted by atomic mass is 10.3. The predicted molar refractivity (Wildman–Crippen MR) is 54.9 cm³/mol. The molecule has 0 saturated heterocycles. The number of rotatable bonds is 2. The Morgan fingerprint density at radius 3 is 2.86 bits per heavy atom. The first-order chi connectivity index (χ1) is 6.74. The Morgan fingerprint density at radius 1 is 1.36 bits per heavy atom. The van der Waals surface area contributed by atoms with Crippen molar-refractivity contribution in [3.05, 3.63) is 41.0 Å². The van der Waals surface area contributed by atoms with Crippen LogP contribution in [0.2, 0.25) is 5.02 Å². The number of hydrogen-bond acceptors (Lipinski definition) is 2. The molecule has 14 heavy (non-hydrogen) atoms. The van der Waals surface area contributed by atoms with Gasteiger partial charge < -0.3 is 4.74 Å². The lowest BCUT2D eigenvalue weighted by Gasteiger charge is -2.00. The van der Waals surface area contributed by atoms with Crippen molar-refractivity contribution in [3.8, 4) is 11.6 Å². The van der Waals surface area contributed by atoms with Gasteiger partial charge in [-0.2, -0.15) is 0 Å². The Morgan fingerprint density at radius 2 is 2.21 bits per heavy atom. The highest BCUT2D eigenvalue weighted by molar-refractivity contribution is 6.30. The molecule has 3 nitrogen and oxygen atoms in total. The minimum atomic E-state index is 0.546. The summed E-state index contributed by atoms with van der Waals surface area (Å²) < 4.78 is 5.45. The Balaban J connectivity index is 2.18. The summed E-state index contributed by atoms with van der Waals surface area (Å²) >= 11 is 5.81. The summed E-state index contributed by atoms with van der Waals surface area (Å²) in [5.74, 6) is 1.23. The van der Waals surface area contributed by atoms with Crippen molar-refractivity contribution >= 4 is 11.6 Å². The number of aryl methyl sites for hydroxylation is 1. The lowest BCUT2D eigenvalue weighted by Crippen LogP contribution is -1.83. The number of ether oxygens (including phenoxy) is 1. The van der Waals surface area contributed by atoms with E-state index in [1.54, 1.807) is 12.1 Å². The zero-order valence-corrected chi connectivity index (χ0v) is 8.38. The molecule has 2 aromatic rings. The molecule has 2 rings (SSSR count). The van der Waals surface area contributed by atoms with Crippen LogP contribution in [0.4, 0.5) is 0 Å². The number of benzene rings is 1. The van der Waals surface area contributed by atoms with Gasteiger partial charge in [0.15, 0.2) is 0 Å². The molecular formula is C10H9ClN2O. The van der Waals surface area contributed by atoms with E-state index in [4.69, 9.17) is 16.3 Å². The molecule has 0 unspecified atom stereocenters. The van der Waals surface area contributed by atoms with Gasteiger partial charge in [-0.15, -0.1) is 5.10 Å². The van der Waals surface area contributed by atoms with Crippen molar-refractivity contribution in [2.75, 3.05) is 0 Å². The van der Waals surface area contributed by atoms with Crippen LogP contribution < -0.4 is 4.74 Å². The third kappa shape index (κ3) is 2.06. The van der Waals surface area contributed by atoms with Gasteiger partial charge in [-0.1, -0.05) is 17.7 Å². The van der Waals surface area contributed by atoms with Gasteiger partial charge in [-0.3, -0.25) is 5.10 Å². The van der Waals surface area contributed by atoms with Crippen molar-refractivity contribution in [1.82, 2.24) is 10.2 Å². The highest BCUT2D eigenvalue weighted by Gasteiger charge is 2.00. The van der Waals surface area contributed by atoms with Crippen LogP contribution in [0.15, 0.2) is 30.3 Å². The Kier molecular flexibility index (Phi) is 2.41. The monoisotopic (exact) mass is 208 g/mol. The summed E-state index contributed by atoms with van der Waals surface area (Å²) in [5, 5.41) is 7.39. The fraction of sp³-hybridized carbons (Fsp3) is 0.100. The topological polar surface area (TPSA) is 37.9 Å². The SMILES string of the molecule is Cc1cc(Oc2cccc(Cl)c2)n[nH]1. The minimum absolute atomic E-state index is 0.546. The zero-order valence-electron chi connectivity index (χ0n) is 7.62. The average Bonchev–Trinajstić information content (AvgIpc) is 2.51. The molecule has 0 atom stereocenters. The number of nitrogens with one attached hydrogen (secondary N) is 1. The van der Waals surface area contributed by atoms with E-state index in [1.807, 2.05) is 25.1 Å². The normalized spacial score (nSPS) is 10.1. The molecule has 72 valence electrons. The third-order valence-corrected chi connectivity index (χ3v) is 1.94. The van der Waals surface area contributed by atoms with E-state index < -0.39 is 0 Å². The zero-order chi connectivity index (χ0) is 9.97. The maximum atomic E-state index is 5.81. The molecule has 4 heteroatoms. The van der Waals surface area contributed by atoms with Crippen molar-refractivity contribution in [2.24, 2.45) is 0 Å². The number of aromatic nitrogens is 2. The molecule has 1 aromatic carbocycles. The minimum Gasteiger partial charge on any atom is -0.437 e. The van der Waals surface area contributed by atoms with E-state index in [0.29, 0.717) is 16.7 Å². The number of aromatic amines is 1. The standard InChI is InChI=1S/C10H9ClN2O/c1-7-5-10(13-12-7)14-9-4-2-3-8(11)6-9/h2-6H,1H3,(H,12,13). The van der Waals surface area contributed by atoms with E-state index in [2.05, 4.69) is 10.2 Å². The Bertz CT molecular complexity index is 439. The predicted octanol–water partition coefficient (Wildman–Crippen LogP) is 3.16. The molecule has 0 fully saturated rings. The summed E-state index contributed by atoms with van der Waals surface area (Å²) in [7, 11) is 0. The molecule has 0 bridgehead atoms. The van der Waals surface area contributed by atoms with Gasteiger partial charge in [-0.25, -0.2) is 0 Å². The van der Waals surface area contributed by atoms with E-state index in [-0.39, 0.29) is 0 Å². The van der Waals surface area contributed by atoms with Gasteiger partial charge in [0.05, 0.1) is 0 Å². The molecule has 0 amide bonds. The number of hydrogen-bond donors (Lipinski definition) is 1. The van der Waals surface area contributed by atoms with Crippen LogP contribution in [0.25, 0.3) is 0 Å². The Labute approximate surface area is 86.7 Å². The van der Waals surface area contributed by atoms with Crippen molar-refractivity contribution in [2.45, 2.75) is 6.92 Å². The first kappa shape index (κ1) is 9.09. The van der Waals surface area contributed by atoms with Gasteiger partial charge >= 0.3 is 0 Å². The summed E-state index contributed by atoms with van der Waals surface area (Å²) in [6.45, 7) is 1.91. The lowest BCUT2D eigenvalue weighted by molar-refractivity contribution is 0.461. The van der Waals surface area contributed by atoms with Crippen molar-refractivity contribution < 1.29 is 4.74 Å². The van der Waals surface area contributed by atoms with Gasteiger partial charge in [0.25, 0.3) is 0 Å². The van der Waals surface area contributed by atoms with Crippen molar-refractivity contribution in [3.63, 3.8) is 0 Å². The molecule has 0 aliphatic heterocycles. The van der Waals surface area contributed by atoms with Gasteiger partial charge in [0.2, 0.25) is 5.88 Å². The van der Waals surface area contributed by atoms with E-state index in [1.165, 1.54) is 0 Å². The van der Waals surface area contributed by atoms with Gasteiger partial charge in [0, 0.05) is 16.8 Å². The molecule has 0 radical (unpaired) electrons. The molecule has 0 aliphatic carbocycles. The first-order valence-corrected chi connectivity index (χ1v) is 4.57. The molecule has 0 spiro atoms. The number of nitrogens with zero attached hydrogens (tertiary/aromatic N) is 1. The molecule has 0 saturated carbocycles. The third-order valence-electron chi connectivity index (χ3n) is 1.70. The second kappa shape index (κ2) is 3.72. The second-order valence-electron chi connectivity index (χ2n) is 2.95. The van der Waals surface area contributed by atoms with Crippen LogP contribution >= 0.6 is 11.6 Å². The highest BCUT2D eigenvalue weighted by Crippen LogP contribution is 2.22. The number of H-pyrrole nitrogens is 1. The average molecular weight is 209 g/mol. The van der Waals surface area contributed by atoms with E-state index in [0.717, 1.165) is 5.69 Å². The molecule has 1 N–H and O–H groups in total. The first-order valence-electron chi connectivity index (χ1n) is 4.19. The fourth-order valence-corrected chi connectivity index (χ4v) is 1.28. The summed E-state index contributed by atoms with van der Waals surface area (Å²) in [6, 6.07) is 9.02. The Hall–Kier alpha value is -1.48. The van der Waals surface area contributed by atoms with E-state index >= 15 is 0 Å². The number of halogens is 1. The fourth-order valence-electron chi connectivity index (χ4n) is 1.10. The van der Waals surface area contributed by atoms with Crippen LogP contribution in [0, 0.1) is 6.92 Å². The second-order valence-corrected chi connectivity index (χ2v) is 3.39. The summed E-state index contributed by atoms with van der Waals surface area (Å²) in [6.07, 6.45) is 0. The van der Waals surface area contributed by atoms with Crippen LogP contribution in [0.5, 0.6) is 11.6 Å². The van der Waals surface area contributed by atoms with Gasteiger partial charge in [0.1, 0.15) is 5.75 Å². The van der Waals surface area contributed by atoms with Gasteiger partial charge in [-0.05, 0) is 25.1 Å². The van der Waals surface area contributed by atoms with Crippen LogP contribution in [-0.2, 0) is 0 Å². The summed E-state index contributed by atoms with van der Waals surface area (Å²) in [4.78, 5) is 0. The maximum absolute atomic E-state index is 5.81. The van der Waals surface area contributed by atoms with Crippen LogP contribution in [0.3, 0.4) is 0 Å². The largest absolute Gasteiger partial charge is 0.437 e.